The van der Waals surface area contributed by atoms with Crippen molar-refractivity contribution < 1.29 is 1.37 Å². The minimum atomic E-state index is 0.517. The van der Waals surface area contributed by atoms with Crippen molar-refractivity contribution in [2.24, 2.45) is 0 Å². The minimum absolute atomic E-state index is 0.517. The predicted octanol–water partition coefficient (Wildman–Crippen LogP) is 1.33. The monoisotopic (exact) mass is 77.0 g/mol. The molecule has 0 bridgehead atoms. The maximum absolute atomic E-state index is 6.55. The first-order chi connectivity index (χ1) is 2.41. The molecule has 0 saturated carbocycles. The molecule has 0 fully saturated rings. The summed E-state index contributed by atoms with van der Waals surface area (Å²) in [5.41, 5.74) is 0. The van der Waals surface area contributed by atoms with E-state index in [4.69, 9.17) is 1.37 Å². The fraction of sp³-hybridized carbons (Fsp3) is 1.00. The lowest BCUT2D eigenvalue weighted by molar-refractivity contribution is 1.11. The van der Waals surface area contributed by atoms with E-state index in [1.165, 1.54) is 0 Å². The quantitative estimate of drug-likeness (QED) is 0.448. The van der Waals surface area contributed by atoms with Crippen molar-refractivity contribution in [1.29, 1.82) is 0 Å². The van der Waals surface area contributed by atoms with Crippen LogP contribution in [0, 0.1) is 0 Å². The van der Waals surface area contributed by atoms with Crippen molar-refractivity contribution in [3.8, 4) is 0 Å². The van der Waals surface area contributed by atoms with Gasteiger partial charge in [-0.2, -0.15) is 12.6 Å². The van der Waals surface area contributed by atoms with Crippen LogP contribution >= 0.6 is 12.6 Å². The smallest absolute Gasteiger partial charge is 0.0231 e. The maximum Gasteiger partial charge on any atom is 0.0231 e. The Labute approximate surface area is 34.0 Å². The lowest BCUT2D eigenvalue weighted by Gasteiger charge is -1.67. The Morgan fingerprint density at radius 3 is 3.00 bits per heavy atom. The molecule has 0 nitrogen and oxygen atoms in total. The predicted molar refractivity (Wildman–Crippen MR) is 24.1 cm³/mol. The molecule has 0 heterocycles. The molecule has 0 atom stereocenters. The van der Waals surface area contributed by atoms with Crippen LogP contribution < -0.4 is 0 Å². The number of hydrogen-bond acceptors (Lipinski definition) is 1. The van der Waals surface area contributed by atoms with Gasteiger partial charge in [-0.15, -0.1) is 0 Å². The summed E-state index contributed by atoms with van der Waals surface area (Å²) in [5, 5.41) is 0. The first-order valence-corrected chi connectivity index (χ1v) is 1.95. The molecule has 26 valence electrons. The van der Waals surface area contributed by atoms with Crippen molar-refractivity contribution in [2.45, 2.75) is 13.3 Å². The molecule has 0 unspecified atom stereocenters. The Balaban J connectivity index is 2.19. The molecule has 0 spiro atoms. The van der Waals surface area contributed by atoms with Gasteiger partial charge >= 0.3 is 0 Å². The van der Waals surface area contributed by atoms with E-state index in [1.54, 1.807) is 0 Å². The van der Waals surface area contributed by atoms with Crippen molar-refractivity contribution in [3.63, 3.8) is 0 Å². The van der Waals surface area contributed by atoms with Gasteiger partial charge in [0, 0.05) is 1.37 Å². The molecule has 0 aromatic heterocycles. The molecule has 0 rings (SSSR count). The van der Waals surface area contributed by atoms with Gasteiger partial charge in [-0.25, -0.2) is 0 Å². The number of hydrogen-bond donors (Lipinski definition) is 1. The van der Waals surface area contributed by atoms with Crippen molar-refractivity contribution in [1.82, 2.24) is 0 Å². The first-order valence-electron chi connectivity index (χ1n) is 2.02. The SMILES string of the molecule is [2H]CCCS. The summed E-state index contributed by atoms with van der Waals surface area (Å²) >= 11 is 3.88. The first kappa shape index (κ1) is 2.58. The molecule has 1 heteroatoms. The molecule has 0 aliphatic rings. The lowest BCUT2D eigenvalue weighted by Crippen LogP contribution is -1.56. The lowest BCUT2D eigenvalue weighted by atomic mass is 10.6. The van der Waals surface area contributed by atoms with Crippen LogP contribution in [0.4, 0.5) is 0 Å². The summed E-state index contributed by atoms with van der Waals surface area (Å²) in [6, 6.07) is 0. The molecular weight excluding hydrogens is 68.1 g/mol. The second kappa shape index (κ2) is 3.35. The molecule has 0 radical (unpaired) electrons. The van der Waals surface area contributed by atoms with E-state index in [1.807, 2.05) is 0 Å². The van der Waals surface area contributed by atoms with E-state index >= 15 is 0 Å². The van der Waals surface area contributed by atoms with E-state index in [-0.39, 0.29) is 0 Å². The third-order valence-corrected chi connectivity index (χ3v) is 0.474. The van der Waals surface area contributed by atoms with Crippen LogP contribution in [0.5, 0.6) is 0 Å². The summed E-state index contributed by atoms with van der Waals surface area (Å²) in [6.07, 6.45) is 0.920. The average molecular weight is 77.2 g/mol. The van der Waals surface area contributed by atoms with Crippen LogP contribution in [0.25, 0.3) is 0 Å². The van der Waals surface area contributed by atoms with Gasteiger partial charge in [-0.05, 0) is 12.2 Å². The van der Waals surface area contributed by atoms with E-state index in [0.717, 1.165) is 12.2 Å². The van der Waals surface area contributed by atoms with Gasteiger partial charge in [0.15, 0.2) is 0 Å². The van der Waals surface area contributed by atoms with Crippen LogP contribution in [0.2, 0.25) is 0 Å². The summed E-state index contributed by atoms with van der Waals surface area (Å²) in [6.45, 7) is 0.517. The third-order valence-electron chi connectivity index (χ3n) is 0.158. The highest BCUT2D eigenvalue weighted by atomic mass is 32.1. The molecule has 0 amide bonds. The van der Waals surface area contributed by atoms with E-state index in [9.17, 15) is 0 Å². The second-order valence-electron chi connectivity index (χ2n) is 0.577. The van der Waals surface area contributed by atoms with Crippen molar-refractivity contribution >= 4 is 12.6 Å². The summed E-state index contributed by atoms with van der Waals surface area (Å²) in [4.78, 5) is 0. The van der Waals surface area contributed by atoms with Gasteiger partial charge in [0.1, 0.15) is 0 Å². The van der Waals surface area contributed by atoms with Gasteiger partial charge < -0.3 is 0 Å². The molecular formula is C3H8S. The molecule has 0 N–H and O–H groups in total. The highest BCUT2D eigenvalue weighted by Crippen LogP contribution is 1.74. The molecule has 4 heavy (non-hydrogen) atoms. The van der Waals surface area contributed by atoms with Crippen molar-refractivity contribution in [2.75, 3.05) is 5.75 Å². The Morgan fingerprint density at radius 2 is 3.00 bits per heavy atom. The highest BCUT2D eigenvalue weighted by Gasteiger charge is 1.57. The fourth-order valence-electron chi connectivity index (χ4n) is 0. The zero-order valence-corrected chi connectivity index (χ0v) is 3.46. The fourth-order valence-corrected chi connectivity index (χ4v) is 0. The average Bonchev–Trinajstić information content (AvgIpc) is 1.41. The topological polar surface area (TPSA) is 0 Å². The second-order valence-corrected chi connectivity index (χ2v) is 1.02. The zero-order valence-electron chi connectivity index (χ0n) is 3.57. The van der Waals surface area contributed by atoms with Crippen molar-refractivity contribution in [3.05, 3.63) is 0 Å². The Morgan fingerprint density at radius 1 is 2.25 bits per heavy atom. The normalized spacial score (nSPS) is 10.8. The number of thiol groups is 1. The third kappa shape index (κ3) is 2.35. The Bertz CT molecular complexity index is 14.4. The van der Waals surface area contributed by atoms with Gasteiger partial charge in [0.25, 0.3) is 0 Å². The van der Waals surface area contributed by atoms with E-state index in [0.29, 0.717) is 6.90 Å². The molecule has 0 aliphatic heterocycles. The molecule has 0 aliphatic carbocycles. The summed E-state index contributed by atoms with van der Waals surface area (Å²) < 4.78 is 6.55. The molecule has 0 saturated heterocycles. The van der Waals surface area contributed by atoms with Gasteiger partial charge in [-0.3, -0.25) is 0 Å². The van der Waals surface area contributed by atoms with E-state index < -0.39 is 0 Å². The zero-order chi connectivity index (χ0) is 4.12. The Kier molecular flexibility index (Phi) is 2.16. The summed E-state index contributed by atoms with van der Waals surface area (Å²) in [7, 11) is 0. The van der Waals surface area contributed by atoms with Crippen LogP contribution in [-0.4, -0.2) is 5.75 Å². The molecule has 0 aromatic carbocycles. The van der Waals surface area contributed by atoms with E-state index in [2.05, 4.69) is 12.6 Å². The standard InChI is InChI=1S/C3H8S/c1-2-3-4/h4H,2-3H2,1H3/i1D. The van der Waals surface area contributed by atoms with Gasteiger partial charge in [-0.1, -0.05) is 6.90 Å². The van der Waals surface area contributed by atoms with Crippen LogP contribution in [0.3, 0.4) is 0 Å². The van der Waals surface area contributed by atoms with Gasteiger partial charge in [0.2, 0.25) is 0 Å². The van der Waals surface area contributed by atoms with Crippen LogP contribution in [-0.2, 0) is 0 Å². The minimum Gasteiger partial charge on any atom is -0.179 e. The summed E-state index contributed by atoms with van der Waals surface area (Å²) in [5.74, 6) is 0.851. The number of rotatable bonds is 1. The highest BCUT2D eigenvalue weighted by molar-refractivity contribution is 7.80. The largest absolute Gasteiger partial charge is 0.179 e. The Hall–Kier alpha value is 0.350. The maximum atomic E-state index is 6.55. The van der Waals surface area contributed by atoms with Crippen LogP contribution in [0.15, 0.2) is 0 Å². The molecule has 0 aromatic rings. The van der Waals surface area contributed by atoms with Crippen LogP contribution in [0.1, 0.15) is 14.7 Å². The van der Waals surface area contributed by atoms with Gasteiger partial charge in [0.05, 0.1) is 0 Å².